The molecule has 0 fully saturated rings. The third kappa shape index (κ3) is 3.56. The van der Waals surface area contributed by atoms with Crippen LogP contribution in [0, 0.1) is 10.1 Å². The number of hydrogen-bond acceptors (Lipinski definition) is 4. The molecule has 0 aliphatic rings. The van der Waals surface area contributed by atoms with Crippen LogP contribution >= 0.6 is 0 Å². The molecule has 7 heteroatoms. The fraction of sp³-hybridized carbons (Fsp3) is 0.500. The summed E-state index contributed by atoms with van der Waals surface area (Å²) in [6, 6.07) is 1.17. The highest BCUT2D eigenvalue weighted by Crippen LogP contribution is 2.14. The molecule has 0 unspecified atom stereocenters. The number of aromatic nitrogens is 1. The number of nitrogens with one attached hydrogen (secondary N) is 2. The maximum Gasteiger partial charge on any atom is 0.287 e. The van der Waals surface area contributed by atoms with Gasteiger partial charge in [-0.15, -0.1) is 0 Å². The second-order valence-electron chi connectivity index (χ2n) is 4.34. The quantitative estimate of drug-likeness (QED) is 0.523. The standard InChI is InChI=1S/C10H15N3O4/c1-10(2,3-4-14)12-9(15)8-5-7(6-11-8)13(16)17/h5-6,11,14H,3-4H2,1-2H3,(H,12,15). The molecular formula is C10H15N3O4. The Bertz CT molecular complexity index is 425. The molecule has 0 aliphatic carbocycles. The molecule has 0 saturated carbocycles. The van der Waals surface area contributed by atoms with E-state index in [4.69, 9.17) is 5.11 Å². The molecule has 1 amide bonds. The summed E-state index contributed by atoms with van der Waals surface area (Å²) in [5.74, 6) is -0.434. The summed E-state index contributed by atoms with van der Waals surface area (Å²) >= 11 is 0. The van der Waals surface area contributed by atoms with Crippen molar-refractivity contribution < 1.29 is 14.8 Å². The number of rotatable bonds is 5. The minimum Gasteiger partial charge on any atom is -0.396 e. The summed E-state index contributed by atoms with van der Waals surface area (Å²) in [7, 11) is 0. The van der Waals surface area contributed by atoms with Gasteiger partial charge in [0.1, 0.15) is 5.69 Å². The average molecular weight is 241 g/mol. The lowest BCUT2D eigenvalue weighted by molar-refractivity contribution is -0.384. The van der Waals surface area contributed by atoms with Crippen molar-refractivity contribution in [1.29, 1.82) is 0 Å². The van der Waals surface area contributed by atoms with Crippen molar-refractivity contribution in [3.8, 4) is 0 Å². The monoisotopic (exact) mass is 241 g/mol. The number of carbonyl (C=O) groups excluding carboxylic acids is 1. The molecule has 3 N–H and O–H groups in total. The molecular weight excluding hydrogens is 226 g/mol. The van der Waals surface area contributed by atoms with Crippen molar-refractivity contribution in [2.24, 2.45) is 0 Å². The van der Waals surface area contributed by atoms with E-state index in [1.165, 1.54) is 6.07 Å². The summed E-state index contributed by atoms with van der Waals surface area (Å²) in [4.78, 5) is 24.1. The molecule has 0 aromatic carbocycles. The van der Waals surface area contributed by atoms with Gasteiger partial charge < -0.3 is 15.4 Å². The Kier molecular flexibility index (Phi) is 3.84. The van der Waals surface area contributed by atoms with Gasteiger partial charge >= 0.3 is 0 Å². The van der Waals surface area contributed by atoms with Crippen LogP contribution in [0.15, 0.2) is 12.3 Å². The Balaban J connectivity index is 2.73. The molecule has 0 saturated heterocycles. The lowest BCUT2D eigenvalue weighted by atomic mass is 10.0. The van der Waals surface area contributed by atoms with Crippen molar-refractivity contribution in [3.05, 3.63) is 28.1 Å². The van der Waals surface area contributed by atoms with E-state index in [-0.39, 0.29) is 18.0 Å². The van der Waals surface area contributed by atoms with Crippen molar-refractivity contribution in [2.45, 2.75) is 25.8 Å². The van der Waals surface area contributed by atoms with Gasteiger partial charge in [-0.2, -0.15) is 0 Å². The van der Waals surface area contributed by atoms with Gasteiger partial charge in [0.25, 0.3) is 11.6 Å². The van der Waals surface area contributed by atoms with Crippen LogP contribution in [0.4, 0.5) is 5.69 Å². The molecule has 1 aromatic heterocycles. The largest absolute Gasteiger partial charge is 0.396 e. The number of amides is 1. The zero-order valence-corrected chi connectivity index (χ0v) is 9.69. The minimum atomic E-state index is -0.577. The van der Waals surface area contributed by atoms with Crippen LogP contribution < -0.4 is 5.32 Å². The second kappa shape index (κ2) is 4.96. The van der Waals surface area contributed by atoms with Gasteiger partial charge in [-0.3, -0.25) is 14.9 Å². The van der Waals surface area contributed by atoms with Gasteiger partial charge in [-0.1, -0.05) is 0 Å². The maximum atomic E-state index is 11.7. The number of nitrogens with zero attached hydrogens (tertiary/aromatic N) is 1. The fourth-order valence-electron chi connectivity index (χ4n) is 1.34. The highest BCUT2D eigenvalue weighted by molar-refractivity contribution is 5.93. The first-order valence-electron chi connectivity index (χ1n) is 5.12. The average Bonchev–Trinajstić information content (AvgIpc) is 2.64. The smallest absolute Gasteiger partial charge is 0.287 e. The number of aliphatic hydroxyl groups is 1. The molecule has 1 aromatic rings. The van der Waals surface area contributed by atoms with Crippen molar-refractivity contribution in [1.82, 2.24) is 10.3 Å². The van der Waals surface area contributed by atoms with Crippen molar-refractivity contribution in [2.75, 3.05) is 6.61 Å². The zero-order valence-electron chi connectivity index (χ0n) is 9.69. The fourth-order valence-corrected chi connectivity index (χ4v) is 1.34. The predicted molar refractivity (Wildman–Crippen MR) is 60.7 cm³/mol. The normalized spacial score (nSPS) is 11.2. The number of aromatic amines is 1. The summed E-state index contributed by atoms with van der Waals surface area (Å²) in [5, 5.41) is 21.9. The predicted octanol–water partition coefficient (Wildman–Crippen LogP) is 0.814. The van der Waals surface area contributed by atoms with Gasteiger partial charge in [0.15, 0.2) is 0 Å². The number of H-pyrrole nitrogens is 1. The van der Waals surface area contributed by atoms with Crippen molar-refractivity contribution in [3.63, 3.8) is 0 Å². The van der Waals surface area contributed by atoms with E-state index < -0.39 is 16.4 Å². The van der Waals surface area contributed by atoms with Crippen LogP contribution in [0.5, 0.6) is 0 Å². The summed E-state index contributed by atoms with van der Waals surface area (Å²) in [5.41, 5.74) is -0.594. The molecule has 0 aliphatic heterocycles. The molecule has 0 spiro atoms. The third-order valence-electron chi connectivity index (χ3n) is 2.31. The number of carbonyl (C=O) groups is 1. The molecule has 0 atom stereocenters. The number of nitro groups is 1. The molecule has 94 valence electrons. The van der Waals surface area contributed by atoms with E-state index in [1.54, 1.807) is 13.8 Å². The van der Waals surface area contributed by atoms with Crippen LogP contribution in [0.25, 0.3) is 0 Å². The van der Waals surface area contributed by atoms with Gasteiger partial charge in [-0.25, -0.2) is 0 Å². The van der Waals surface area contributed by atoms with Crippen LogP contribution in [-0.4, -0.2) is 33.1 Å². The Morgan fingerprint density at radius 2 is 2.29 bits per heavy atom. The minimum absolute atomic E-state index is 0.0435. The molecule has 0 bridgehead atoms. The first-order chi connectivity index (χ1) is 7.85. The summed E-state index contributed by atoms with van der Waals surface area (Å²) < 4.78 is 0. The highest BCUT2D eigenvalue weighted by Gasteiger charge is 2.22. The van der Waals surface area contributed by atoms with Gasteiger partial charge in [0.05, 0.1) is 11.1 Å². The van der Waals surface area contributed by atoms with Crippen LogP contribution in [0.3, 0.4) is 0 Å². The van der Waals surface area contributed by atoms with Crippen LogP contribution in [-0.2, 0) is 0 Å². The van der Waals surface area contributed by atoms with E-state index >= 15 is 0 Å². The first kappa shape index (κ1) is 13.2. The van der Waals surface area contributed by atoms with Crippen LogP contribution in [0.1, 0.15) is 30.8 Å². The van der Waals surface area contributed by atoms with Gasteiger partial charge in [0, 0.05) is 18.2 Å². The van der Waals surface area contributed by atoms with E-state index in [2.05, 4.69) is 10.3 Å². The van der Waals surface area contributed by atoms with E-state index in [0.717, 1.165) is 6.20 Å². The molecule has 0 radical (unpaired) electrons. The Morgan fingerprint density at radius 3 is 2.76 bits per heavy atom. The zero-order chi connectivity index (χ0) is 13.1. The Labute approximate surface area is 98.0 Å². The third-order valence-corrected chi connectivity index (χ3v) is 2.31. The second-order valence-corrected chi connectivity index (χ2v) is 4.34. The topological polar surface area (TPSA) is 108 Å². The van der Waals surface area contributed by atoms with Crippen molar-refractivity contribution >= 4 is 11.6 Å². The number of hydrogen-bond donors (Lipinski definition) is 3. The van der Waals surface area contributed by atoms with E-state index in [9.17, 15) is 14.9 Å². The number of aliphatic hydroxyl groups excluding tert-OH is 1. The van der Waals surface area contributed by atoms with Gasteiger partial charge in [-0.05, 0) is 20.3 Å². The van der Waals surface area contributed by atoms with Crippen LogP contribution in [0.2, 0.25) is 0 Å². The highest BCUT2D eigenvalue weighted by atomic mass is 16.6. The maximum absolute atomic E-state index is 11.7. The lowest BCUT2D eigenvalue weighted by Gasteiger charge is -2.24. The SMILES string of the molecule is CC(C)(CCO)NC(=O)c1cc([N+](=O)[O-])c[nH]1. The molecule has 7 nitrogen and oxygen atoms in total. The summed E-state index contributed by atoms with van der Waals surface area (Å²) in [6.07, 6.45) is 1.56. The first-order valence-corrected chi connectivity index (χ1v) is 5.12. The summed E-state index contributed by atoms with van der Waals surface area (Å²) in [6.45, 7) is 3.48. The lowest BCUT2D eigenvalue weighted by Crippen LogP contribution is -2.44. The van der Waals surface area contributed by atoms with E-state index in [0.29, 0.717) is 6.42 Å². The Hall–Kier alpha value is -1.89. The van der Waals surface area contributed by atoms with E-state index in [1.807, 2.05) is 0 Å². The molecule has 1 heterocycles. The molecule has 1 rings (SSSR count). The Morgan fingerprint density at radius 1 is 1.65 bits per heavy atom. The van der Waals surface area contributed by atoms with Gasteiger partial charge in [0.2, 0.25) is 0 Å². The molecule has 17 heavy (non-hydrogen) atoms.